The fourth-order valence-electron chi connectivity index (χ4n) is 2.00. The number of ether oxygens (including phenoxy) is 1. The van der Waals surface area contributed by atoms with E-state index in [0.717, 1.165) is 18.8 Å². The Morgan fingerprint density at radius 2 is 1.88 bits per heavy atom. The van der Waals surface area contributed by atoms with Gasteiger partial charge in [0.25, 0.3) is 0 Å². The smallest absolute Gasteiger partial charge is 0.410 e. The van der Waals surface area contributed by atoms with Gasteiger partial charge in [0.05, 0.1) is 0 Å². The van der Waals surface area contributed by atoms with Crippen LogP contribution in [0.4, 0.5) is 4.79 Å². The lowest BCUT2D eigenvalue weighted by Gasteiger charge is -2.28. The van der Waals surface area contributed by atoms with Crippen molar-refractivity contribution >= 4 is 36.0 Å². The molecule has 1 amide bonds. The van der Waals surface area contributed by atoms with Crippen molar-refractivity contribution in [2.45, 2.75) is 72.1 Å². The first-order valence-corrected chi connectivity index (χ1v) is 8.61. The monoisotopic (exact) mass is 454 g/mol. The number of carbonyl (C=O) groups excluding carboxylic acids is 1. The average molecular weight is 454 g/mol. The molecule has 1 atom stereocenters. The van der Waals surface area contributed by atoms with Gasteiger partial charge in [-0.25, -0.2) is 4.79 Å². The number of guanidine groups is 1. The molecular formula is C17H35IN4O2. The maximum Gasteiger partial charge on any atom is 0.410 e. The minimum Gasteiger partial charge on any atom is -0.444 e. The average Bonchev–Trinajstić information content (AvgIpc) is 3.24. The molecule has 0 aromatic heterocycles. The minimum absolute atomic E-state index is 0. The van der Waals surface area contributed by atoms with E-state index in [-0.39, 0.29) is 30.1 Å². The summed E-state index contributed by atoms with van der Waals surface area (Å²) >= 11 is 0. The van der Waals surface area contributed by atoms with E-state index in [9.17, 15) is 4.79 Å². The lowest BCUT2D eigenvalue weighted by Crippen LogP contribution is -2.47. The van der Waals surface area contributed by atoms with Crippen molar-refractivity contribution < 1.29 is 9.53 Å². The van der Waals surface area contributed by atoms with Gasteiger partial charge >= 0.3 is 6.09 Å². The van der Waals surface area contributed by atoms with Crippen LogP contribution in [0.1, 0.15) is 54.4 Å². The van der Waals surface area contributed by atoms with Crippen LogP contribution in [0.15, 0.2) is 4.99 Å². The summed E-state index contributed by atoms with van der Waals surface area (Å²) in [6, 6.07) is 0.669. The Balaban J connectivity index is 0.00000529. The lowest BCUT2D eigenvalue weighted by atomic mass is 10.1. The van der Waals surface area contributed by atoms with E-state index in [0.29, 0.717) is 31.1 Å². The van der Waals surface area contributed by atoms with E-state index < -0.39 is 5.60 Å². The Labute approximate surface area is 164 Å². The highest BCUT2D eigenvalue weighted by molar-refractivity contribution is 14.0. The molecule has 0 saturated heterocycles. The summed E-state index contributed by atoms with van der Waals surface area (Å²) < 4.78 is 5.49. The van der Waals surface area contributed by atoms with Crippen molar-refractivity contribution in [2.75, 3.05) is 20.1 Å². The fourth-order valence-corrected chi connectivity index (χ4v) is 2.00. The zero-order valence-electron chi connectivity index (χ0n) is 16.2. The van der Waals surface area contributed by atoms with Crippen LogP contribution in [-0.4, -0.2) is 54.8 Å². The second-order valence-corrected chi connectivity index (χ2v) is 7.58. The Kier molecular flexibility index (Phi) is 9.99. The van der Waals surface area contributed by atoms with Gasteiger partial charge in [-0.05, 0) is 46.5 Å². The molecule has 0 aromatic rings. The van der Waals surface area contributed by atoms with Gasteiger partial charge in [0.2, 0.25) is 0 Å². The van der Waals surface area contributed by atoms with Gasteiger partial charge in [-0.15, -0.1) is 24.0 Å². The van der Waals surface area contributed by atoms with E-state index in [2.05, 4.69) is 36.4 Å². The highest BCUT2D eigenvalue weighted by atomic mass is 127. The number of hydrogen-bond acceptors (Lipinski definition) is 3. The fraction of sp³-hybridized carbons (Fsp3) is 0.882. The molecule has 0 aromatic carbocycles. The van der Waals surface area contributed by atoms with Crippen LogP contribution in [0.2, 0.25) is 0 Å². The largest absolute Gasteiger partial charge is 0.444 e. The van der Waals surface area contributed by atoms with Crippen LogP contribution < -0.4 is 10.6 Å². The first kappa shape index (κ1) is 23.3. The molecule has 7 heteroatoms. The third-order valence-electron chi connectivity index (χ3n) is 3.85. The Bertz CT molecular complexity index is 417. The molecule has 1 rings (SSSR count). The molecule has 0 heterocycles. The van der Waals surface area contributed by atoms with Crippen molar-refractivity contribution in [2.24, 2.45) is 10.9 Å². The topological polar surface area (TPSA) is 66.0 Å². The summed E-state index contributed by atoms with van der Waals surface area (Å²) in [5.74, 6) is 1.30. The zero-order chi connectivity index (χ0) is 17.6. The zero-order valence-corrected chi connectivity index (χ0v) is 18.5. The van der Waals surface area contributed by atoms with E-state index in [1.54, 1.807) is 7.05 Å². The first-order valence-electron chi connectivity index (χ1n) is 8.61. The Morgan fingerprint density at radius 1 is 1.29 bits per heavy atom. The van der Waals surface area contributed by atoms with Crippen molar-refractivity contribution in [1.29, 1.82) is 0 Å². The molecule has 1 fully saturated rings. The van der Waals surface area contributed by atoms with Crippen molar-refractivity contribution in [3.05, 3.63) is 0 Å². The number of hydrogen-bond donors (Lipinski definition) is 2. The summed E-state index contributed by atoms with van der Waals surface area (Å²) in [6.07, 6.45) is 1.91. The first-order chi connectivity index (χ1) is 10.6. The van der Waals surface area contributed by atoms with E-state index in [1.165, 1.54) is 0 Å². The van der Waals surface area contributed by atoms with Crippen molar-refractivity contribution in [1.82, 2.24) is 15.5 Å². The van der Waals surface area contributed by atoms with Crippen LogP contribution >= 0.6 is 24.0 Å². The normalized spacial score (nSPS) is 16.2. The second kappa shape index (κ2) is 10.3. The standard InChI is InChI=1S/C17H34N4O2.HI/c1-12(2)13(3)20-15(18-7)19-10-11-21(14-8-9-14)16(22)23-17(4,5)6;/h12-14H,8-11H2,1-7H3,(H2,18,19,20);1H. The number of carbonyl (C=O) groups is 1. The number of nitrogens with one attached hydrogen (secondary N) is 2. The molecule has 1 unspecified atom stereocenters. The quantitative estimate of drug-likeness (QED) is 0.368. The molecule has 24 heavy (non-hydrogen) atoms. The molecule has 2 N–H and O–H groups in total. The minimum atomic E-state index is -0.456. The highest BCUT2D eigenvalue weighted by Crippen LogP contribution is 2.27. The molecule has 0 radical (unpaired) electrons. The van der Waals surface area contributed by atoms with Gasteiger partial charge < -0.3 is 20.3 Å². The van der Waals surface area contributed by atoms with Gasteiger partial charge in [0.15, 0.2) is 5.96 Å². The number of nitrogens with zero attached hydrogens (tertiary/aromatic N) is 2. The third kappa shape index (κ3) is 8.94. The molecule has 0 aliphatic heterocycles. The van der Waals surface area contributed by atoms with E-state index in [1.807, 2.05) is 25.7 Å². The van der Waals surface area contributed by atoms with Gasteiger partial charge in [-0.3, -0.25) is 4.99 Å². The summed E-state index contributed by atoms with van der Waals surface area (Å²) in [5, 5.41) is 6.63. The van der Waals surface area contributed by atoms with Gasteiger partial charge in [-0.2, -0.15) is 0 Å². The van der Waals surface area contributed by atoms with Crippen molar-refractivity contribution in [3.8, 4) is 0 Å². The summed E-state index contributed by atoms with van der Waals surface area (Å²) in [4.78, 5) is 18.3. The van der Waals surface area contributed by atoms with Crippen LogP contribution in [0.25, 0.3) is 0 Å². The van der Waals surface area contributed by atoms with Gasteiger partial charge in [0.1, 0.15) is 5.60 Å². The maximum atomic E-state index is 12.3. The van der Waals surface area contributed by atoms with Crippen LogP contribution in [0.5, 0.6) is 0 Å². The molecule has 6 nitrogen and oxygen atoms in total. The molecule has 0 spiro atoms. The van der Waals surface area contributed by atoms with Crippen LogP contribution in [-0.2, 0) is 4.74 Å². The second-order valence-electron chi connectivity index (χ2n) is 7.58. The van der Waals surface area contributed by atoms with E-state index >= 15 is 0 Å². The number of aliphatic imine (C=N–C) groups is 1. The lowest BCUT2D eigenvalue weighted by molar-refractivity contribution is 0.0238. The number of amides is 1. The van der Waals surface area contributed by atoms with Crippen LogP contribution in [0, 0.1) is 5.92 Å². The van der Waals surface area contributed by atoms with Gasteiger partial charge in [0, 0.05) is 32.2 Å². The predicted octanol–water partition coefficient (Wildman–Crippen LogP) is 3.21. The number of halogens is 1. The Morgan fingerprint density at radius 3 is 2.29 bits per heavy atom. The molecule has 1 aliphatic carbocycles. The Hall–Kier alpha value is -0.730. The number of rotatable bonds is 6. The van der Waals surface area contributed by atoms with E-state index in [4.69, 9.17) is 4.74 Å². The third-order valence-corrected chi connectivity index (χ3v) is 3.85. The molecule has 0 bridgehead atoms. The molecule has 1 saturated carbocycles. The molecule has 1 aliphatic rings. The SMILES string of the molecule is CN=C(NCCN(C(=O)OC(C)(C)C)C1CC1)NC(C)C(C)C.I. The predicted molar refractivity (Wildman–Crippen MR) is 110 cm³/mol. The van der Waals surface area contributed by atoms with Crippen molar-refractivity contribution in [3.63, 3.8) is 0 Å². The molecular weight excluding hydrogens is 419 g/mol. The highest BCUT2D eigenvalue weighted by Gasteiger charge is 2.34. The summed E-state index contributed by atoms with van der Waals surface area (Å²) in [7, 11) is 1.76. The van der Waals surface area contributed by atoms with Gasteiger partial charge in [-0.1, -0.05) is 13.8 Å². The molecule has 142 valence electrons. The summed E-state index contributed by atoms with van der Waals surface area (Å²) in [5.41, 5.74) is -0.456. The van der Waals surface area contributed by atoms with Crippen LogP contribution in [0.3, 0.4) is 0 Å². The summed E-state index contributed by atoms with van der Waals surface area (Å²) in [6.45, 7) is 13.4. The maximum absolute atomic E-state index is 12.3.